The number of carbonyl (C=O) groups is 2. The number of carboxylic acids is 1. The molecule has 1 amide bonds. The lowest BCUT2D eigenvalue weighted by Crippen LogP contribution is -2.38. The van der Waals surface area contributed by atoms with Crippen LogP contribution in [0.1, 0.15) is 78.9 Å². The van der Waals surface area contributed by atoms with E-state index in [0.29, 0.717) is 19.4 Å². The zero-order valence-corrected chi connectivity index (χ0v) is 27.0. The van der Waals surface area contributed by atoms with E-state index in [2.05, 4.69) is 54.5 Å². The van der Waals surface area contributed by atoms with Gasteiger partial charge in [-0.05, 0) is 65.9 Å². The van der Waals surface area contributed by atoms with Crippen molar-refractivity contribution in [3.05, 3.63) is 131 Å². The van der Waals surface area contributed by atoms with Crippen LogP contribution in [0.5, 0.6) is 0 Å². The number of ether oxygens (including phenoxy) is 2. The molecule has 4 aromatic carbocycles. The first kappa shape index (κ1) is 34.0. The van der Waals surface area contributed by atoms with Crippen LogP contribution in [0.25, 0.3) is 11.1 Å². The summed E-state index contributed by atoms with van der Waals surface area (Å²) in [6.45, 7) is 3.29. The van der Waals surface area contributed by atoms with Gasteiger partial charge in [-0.2, -0.15) is 0 Å². The van der Waals surface area contributed by atoms with Crippen molar-refractivity contribution < 1.29 is 29.3 Å². The average molecular weight is 637 g/mol. The van der Waals surface area contributed by atoms with E-state index < -0.39 is 12.3 Å². The lowest BCUT2D eigenvalue weighted by molar-refractivity contribution is -0.253. The molecule has 1 fully saturated rings. The lowest BCUT2D eigenvalue weighted by Gasteiger charge is -2.39. The van der Waals surface area contributed by atoms with Crippen molar-refractivity contribution >= 4 is 11.9 Å². The van der Waals surface area contributed by atoms with Gasteiger partial charge in [-0.3, -0.25) is 14.5 Å². The molecular weight excluding hydrogens is 592 g/mol. The van der Waals surface area contributed by atoms with Gasteiger partial charge in [0.15, 0.2) is 6.29 Å². The minimum atomic E-state index is -0.899. The summed E-state index contributed by atoms with van der Waals surface area (Å²) in [6, 6.07) is 34.8. The number of nitrogens with zero attached hydrogens (tertiary/aromatic N) is 1. The molecule has 1 aliphatic heterocycles. The predicted octanol–water partition coefficient (Wildman–Crippen LogP) is 6.96. The third kappa shape index (κ3) is 9.59. The quantitative estimate of drug-likeness (QED) is 0.137. The maximum atomic E-state index is 12.2. The Bertz CT molecular complexity index is 1610. The van der Waals surface area contributed by atoms with Gasteiger partial charge in [0.1, 0.15) is 0 Å². The van der Waals surface area contributed by atoms with Gasteiger partial charge in [0, 0.05) is 44.0 Å². The third-order valence-electron chi connectivity index (χ3n) is 8.75. The molecule has 0 aromatic heterocycles. The molecular formula is C39H44N2O6. The molecule has 5 rings (SSSR count). The van der Waals surface area contributed by atoms with Gasteiger partial charge < -0.3 is 25.0 Å². The maximum Gasteiger partial charge on any atom is 0.303 e. The van der Waals surface area contributed by atoms with Crippen molar-refractivity contribution in [1.29, 1.82) is 0 Å². The number of hydrogen-bond donors (Lipinski definition) is 3. The van der Waals surface area contributed by atoms with Crippen molar-refractivity contribution in [2.45, 2.75) is 70.3 Å². The normalized spacial score (nSPS) is 18.5. The second-order valence-corrected chi connectivity index (χ2v) is 12.2. The number of carboxylic acid groups (broad SMARTS) is 1. The van der Waals surface area contributed by atoms with Gasteiger partial charge in [-0.25, -0.2) is 0 Å². The predicted molar refractivity (Wildman–Crippen MR) is 181 cm³/mol. The number of likely N-dealkylation sites (N-methyl/N-ethyl adjacent to an activating group) is 1. The van der Waals surface area contributed by atoms with Crippen molar-refractivity contribution in [2.24, 2.45) is 0 Å². The molecule has 0 aliphatic carbocycles. The van der Waals surface area contributed by atoms with E-state index in [9.17, 15) is 14.7 Å². The molecule has 246 valence electrons. The molecule has 3 N–H and O–H groups in total. The smallest absolute Gasteiger partial charge is 0.303 e. The third-order valence-corrected chi connectivity index (χ3v) is 8.75. The molecule has 0 saturated carbocycles. The minimum absolute atomic E-state index is 0.00448. The maximum absolute atomic E-state index is 12.2. The van der Waals surface area contributed by atoms with Gasteiger partial charge in [0.25, 0.3) is 0 Å². The van der Waals surface area contributed by atoms with Crippen LogP contribution >= 0.6 is 0 Å². The average Bonchev–Trinajstić information content (AvgIpc) is 3.10. The Labute approximate surface area is 277 Å². The lowest BCUT2D eigenvalue weighted by atomic mass is 9.98. The Morgan fingerprint density at radius 3 is 2.30 bits per heavy atom. The van der Waals surface area contributed by atoms with Crippen LogP contribution in [-0.4, -0.2) is 46.7 Å². The fraction of sp³-hybridized carbons (Fsp3) is 0.333. The van der Waals surface area contributed by atoms with Crippen LogP contribution < -0.4 is 5.32 Å². The van der Waals surface area contributed by atoms with Crippen LogP contribution in [0.3, 0.4) is 0 Å². The van der Waals surface area contributed by atoms with Crippen molar-refractivity contribution in [3.8, 4) is 11.1 Å². The molecule has 4 atom stereocenters. The zero-order chi connectivity index (χ0) is 33.2. The largest absolute Gasteiger partial charge is 0.481 e. The summed E-state index contributed by atoms with van der Waals surface area (Å²) in [6.07, 6.45) is 0.335. The summed E-state index contributed by atoms with van der Waals surface area (Å²) in [7, 11) is 2.13. The monoisotopic (exact) mass is 636 g/mol. The van der Waals surface area contributed by atoms with Crippen molar-refractivity contribution in [2.75, 3.05) is 13.6 Å². The number of hydrogen-bond acceptors (Lipinski definition) is 6. The molecule has 1 aliphatic rings. The molecule has 47 heavy (non-hydrogen) atoms. The van der Waals surface area contributed by atoms with Crippen LogP contribution in [0.2, 0.25) is 0 Å². The minimum Gasteiger partial charge on any atom is -0.481 e. The van der Waals surface area contributed by atoms with E-state index in [4.69, 9.17) is 14.6 Å². The second kappa shape index (κ2) is 16.5. The Hall–Kier alpha value is -4.34. The van der Waals surface area contributed by atoms with Crippen molar-refractivity contribution in [3.63, 3.8) is 0 Å². The number of amides is 1. The molecule has 0 radical (unpaired) electrons. The Balaban J connectivity index is 1.32. The number of aliphatic carboxylic acids is 1. The molecule has 1 saturated heterocycles. The van der Waals surface area contributed by atoms with E-state index in [-0.39, 0.29) is 43.6 Å². The van der Waals surface area contributed by atoms with Gasteiger partial charge in [0.2, 0.25) is 5.91 Å². The summed E-state index contributed by atoms with van der Waals surface area (Å²) >= 11 is 0. The number of carbonyl (C=O) groups excluding carboxylic acids is 1. The molecule has 0 spiro atoms. The Morgan fingerprint density at radius 2 is 1.57 bits per heavy atom. The van der Waals surface area contributed by atoms with Gasteiger partial charge in [-0.15, -0.1) is 0 Å². The van der Waals surface area contributed by atoms with Gasteiger partial charge in [-0.1, -0.05) is 91.0 Å². The first-order valence-electron chi connectivity index (χ1n) is 16.2. The molecule has 0 bridgehead atoms. The number of aliphatic hydroxyl groups is 1. The number of rotatable bonds is 14. The molecule has 8 heteroatoms. The van der Waals surface area contributed by atoms with Crippen LogP contribution in [0.15, 0.2) is 103 Å². The fourth-order valence-electron chi connectivity index (χ4n) is 5.91. The first-order valence-corrected chi connectivity index (χ1v) is 16.2. The van der Waals surface area contributed by atoms with E-state index >= 15 is 0 Å². The molecule has 8 nitrogen and oxygen atoms in total. The van der Waals surface area contributed by atoms with Gasteiger partial charge >= 0.3 is 5.97 Å². The number of nitrogens with one attached hydrogen (secondary N) is 1. The zero-order valence-electron chi connectivity index (χ0n) is 27.0. The summed E-state index contributed by atoms with van der Waals surface area (Å²) in [5.74, 6) is -1.06. The topological polar surface area (TPSA) is 108 Å². The second-order valence-electron chi connectivity index (χ2n) is 12.2. The van der Waals surface area contributed by atoms with Crippen molar-refractivity contribution in [1.82, 2.24) is 10.2 Å². The van der Waals surface area contributed by atoms with E-state index in [1.54, 1.807) is 0 Å². The highest BCUT2D eigenvalue weighted by Gasteiger charge is 2.33. The first-order chi connectivity index (χ1) is 22.8. The molecule has 1 heterocycles. The van der Waals surface area contributed by atoms with E-state index in [1.807, 2.05) is 72.8 Å². The summed E-state index contributed by atoms with van der Waals surface area (Å²) in [4.78, 5) is 25.2. The Morgan fingerprint density at radius 1 is 0.851 bits per heavy atom. The number of benzene rings is 4. The van der Waals surface area contributed by atoms with E-state index in [1.165, 1.54) is 5.56 Å². The van der Waals surface area contributed by atoms with Gasteiger partial charge in [0.05, 0.1) is 18.8 Å². The summed E-state index contributed by atoms with van der Waals surface area (Å²) in [5.41, 5.74) is 7.04. The summed E-state index contributed by atoms with van der Waals surface area (Å²) in [5, 5.41) is 21.3. The molecule has 4 unspecified atom stereocenters. The van der Waals surface area contributed by atoms with E-state index in [0.717, 1.165) is 39.9 Å². The number of aliphatic hydroxyl groups excluding tert-OH is 1. The summed E-state index contributed by atoms with van der Waals surface area (Å²) < 4.78 is 13.3. The standard InChI is InChI=1S/C39H44N2O6/c1-27(30-10-4-3-5-11-30)41(2)25-35-23-36(31-19-17-28(26-42)18-20-31)47-39(46-35)34-14-7-13-33(22-34)32-12-6-9-29(21-32)24-40-37(43)15-8-16-38(44)45/h3-7,9-14,17-22,27,35-36,39,42H,8,15-16,23-26H2,1-2H3,(H,40,43)(H,44,45). The Kier molecular flexibility index (Phi) is 11.9. The fourth-order valence-corrected chi connectivity index (χ4v) is 5.91. The highest BCUT2D eigenvalue weighted by Crippen LogP contribution is 2.39. The van der Waals surface area contributed by atoms with Crippen LogP contribution in [-0.2, 0) is 32.2 Å². The highest BCUT2D eigenvalue weighted by atomic mass is 16.7. The van der Waals surface area contributed by atoms with Crippen LogP contribution in [0, 0.1) is 0 Å². The SMILES string of the molecule is CC(c1ccccc1)N(C)CC1CC(c2ccc(CO)cc2)OC(c2cccc(-c3cccc(CNC(=O)CCCC(=O)O)c3)c2)O1. The molecule has 4 aromatic rings. The van der Waals surface area contributed by atoms with Crippen LogP contribution in [0.4, 0.5) is 0 Å². The highest BCUT2D eigenvalue weighted by molar-refractivity contribution is 5.76.